The fraction of sp³-hybridized carbons (Fsp3) is 1.00. The highest BCUT2D eigenvalue weighted by molar-refractivity contribution is 4.60. The average Bonchev–Trinajstić information content (AvgIpc) is 2.30. The van der Waals surface area contributed by atoms with Crippen molar-refractivity contribution in [2.24, 2.45) is 5.92 Å². The van der Waals surface area contributed by atoms with E-state index in [1.54, 1.807) is 0 Å². The highest BCUT2D eigenvalue weighted by Crippen LogP contribution is 2.07. The van der Waals surface area contributed by atoms with E-state index in [9.17, 15) is 0 Å². The van der Waals surface area contributed by atoms with Crippen LogP contribution >= 0.6 is 0 Å². The molecule has 0 aliphatic carbocycles. The molecule has 2 aliphatic rings. The Morgan fingerprint density at radius 2 is 1.93 bits per heavy atom. The van der Waals surface area contributed by atoms with Gasteiger partial charge in [-0.3, -0.25) is 0 Å². The van der Waals surface area contributed by atoms with Crippen molar-refractivity contribution in [2.45, 2.75) is 51.5 Å². The van der Waals surface area contributed by atoms with Gasteiger partial charge >= 0.3 is 0 Å². The molecule has 2 heteroatoms. The Balaban J connectivity index is 1.60. The Bertz CT molecular complexity index is 167. The van der Waals surface area contributed by atoms with Gasteiger partial charge in [0.2, 0.25) is 0 Å². The van der Waals surface area contributed by atoms with Crippen molar-refractivity contribution < 1.29 is 10.2 Å². The van der Waals surface area contributed by atoms with Crippen molar-refractivity contribution in [1.82, 2.24) is 0 Å². The molecule has 2 rings (SSSR count). The third-order valence-electron chi connectivity index (χ3n) is 4.38. The summed E-state index contributed by atoms with van der Waals surface area (Å²) in [6.07, 6.45) is 8.79. The van der Waals surface area contributed by atoms with E-state index in [1.165, 1.54) is 64.7 Å². The molecule has 0 spiro atoms. The van der Waals surface area contributed by atoms with E-state index in [2.05, 4.69) is 12.2 Å². The second kappa shape index (κ2) is 5.86. The SMILES string of the molecule is CC1CC[NH+](CC[C@@H]2CCCC[NH2+]2)CC1. The van der Waals surface area contributed by atoms with Crippen LogP contribution in [0.3, 0.4) is 0 Å². The molecule has 2 heterocycles. The predicted octanol–water partition coefficient (Wildman–Crippen LogP) is -0.193. The van der Waals surface area contributed by atoms with Gasteiger partial charge in [0.05, 0.1) is 32.2 Å². The van der Waals surface area contributed by atoms with E-state index < -0.39 is 0 Å². The van der Waals surface area contributed by atoms with Crippen molar-refractivity contribution in [3.05, 3.63) is 0 Å². The molecule has 88 valence electrons. The third kappa shape index (κ3) is 3.76. The van der Waals surface area contributed by atoms with Gasteiger partial charge in [-0.25, -0.2) is 0 Å². The smallest absolute Gasteiger partial charge is 0.0913 e. The molecule has 2 saturated heterocycles. The molecular formula is C13H28N2+2. The monoisotopic (exact) mass is 212 g/mol. The first kappa shape index (κ1) is 11.4. The molecule has 1 atom stereocenters. The van der Waals surface area contributed by atoms with Crippen LogP contribution in [-0.2, 0) is 0 Å². The molecule has 2 aliphatic heterocycles. The number of quaternary nitrogens is 2. The van der Waals surface area contributed by atoms with Gasteiger partial charge in [0.1, 0.15) is 0 Å². The van der Waals surface area contributed by atoms with Gasteiger partial charge in [-0.2, -0.15) is 0 Å². The number of hydrogen-bond acceptors (Lipinski definition) is 0. The molecule has 0 bridgehead atoms. The van der Waals surface area contributed by atoms with Crippen molar-refractivity contribution in [3.8, 4) is 0 Å². The Morgan fingerprint density at radius 3 is 2.60 bits per heavy atom. The summed E-state index contributed by atoms with van der Waals surface area (Å²) in [7, 11) is 0. The first-order valence-corrected chi connectivity index (χ1v) is 7.01. The van der Waals surface area contributed by atoms with Crippen molar-refractivity contribution in [1.29, 1.82) is 0 Å². The van der Waals surface area contributed by atoms with E-state index in [0.717, 1.165) is 12.0 Å². The van der Waals surface area contributed by atoms with Gasteiger partial charge in [-0.15, -0.1) is 0 Å². The second-order valence-electron chi connectivity index (χ2n) is 5.75. The summed E-state index contributed by atoms with van der Waals surface area (Å²) in [5.41, 5.74) is 0. The van der Waals surface area contributed by atoms with Crippen LogP contribution in [0.4, 0.5) is 0 Å². The van der Waals surface area contributed by atoms with Gasteiger partial charge in [0, 0.05) is 6.42 Å². The molecule has 0 aromatic heterocycles. The molecule has 3 N–H and O–H groups in total. The maximum Gasteiger partial charge on any atom is 0.0913 e. The van der Waals surface area contributed by atoms with E-state index >= 15 is 0 Å². The Hall–Kier alpha value is -0.0800. The minimum Gasteiger partial charge on any atom is -0.344 e. The number of likely N-dealkylation sites (tertiary alicyclic amines) is 1. The quantitative estimate of drug-likeness (QED) is 0.647. The summed E-state index contributed by atoms with van der Waals surface area (Å²) in [5, 5.41) is 2.59. The minimum atomic E-state index is 0.964. The molecule has 2 nitrogen and oxygen atoms in total. The Kier molecular flexibility index (Phi) is 4.45. The van der Waals surface area contributed by atoms with Crippen LogP contribution < -0.4 is 10.2 Å². The van der Waals surface area contributed by atoms with E-state index in [4.69, 9.17) is 0 Å². The lowest BCUT2D eigenvalue weighted by Crippen LogP contribution is -3.13. The normalized spacial score (nSPS) is 37.8. The zero-order chi connectivity index (χ0) is 10.5. The number of rotatable bonds is 3. The van der Waals surface area contributed by atoms with E-state index in [0.29, 0.717) is 0 Å². The maximum absolute atomic E-state index is 2.59. The van der Waals surface area contributed by atoms with Crippen LogP contribution in [0.5, 0.6) is 0 Å². The summed E-state index contributed by atoms with van der Waals surface area (Å²) in [6, 6.07) is 0.964. The van der Waals surface area contributed by atoms with Crippen molar-refractivity contribution >= 4 is 0 Å². The lowest BCUT2D eigenvalue weighted by atomic mass is 9.98. The average molecular weight is 212 g/mol. The fourth-order valence-corrected chi connectivity index (χ4v) is 3.09. The van der Waals surface area contributed by atoms with E-state index in [-0.39, 0.29) is 0 Å². The summed E-state index contributed by atoms with van der Waals surface area (Å²) in [4.78, 5) is 1.88. The maximum atomic E-state index is 2.59. The standard InChI is InChI=1S/C13H26N2/c1-12-5-9-15(10-6-12)11-7-13-4-2-3-8-14-13/h12-14H,2-11H2,1H3/p+2/t13-/m0/s1. The number of nitrogens with one attached hydrogen (secondary N) is 1. The molecule has 2 fully saturated rings. The third-order valence-corrected chi connectivity index (χ3v) is 4.38. The second-order valence-corrected chi connectivity index (χ2v) is 5.75. The number of nitrogens with two attached hydrogens (primary N) is 1. The molecule has 0 radical (unpaired) electrons. The summed E-state index contributed by atoms with van der Waals surface area (Å²) in [5.74, 6) is 0.995. The molecule has 0 saturated carbocycles. The summed E-state index contributed by atoms with van der Waals surface area (Å²) in [6.45, 7) is 8.11. The van der Waals surface area contributed by atoms with Crippen molar-refractivity contribution in [2.75, 3.05) is 26.2 Å². The number of hydrogen-bond donors (Lipinski definition) is 2. The van der Waals surface area contributed by atoms with Gasteiger partial charge in [0.15, 0.2) is 0 Å². The predicted molar refractivity (Wildman–Crippen MR) is 63.0 cm³/mol. The zero-order valence-corrected chi connectivity index (χ0v) is 10.3. The lowest BCUT2D eigenvalue weighted by molar-refractivity contribution is -0.908. The van der Waals surface area contributed by atoms with Crippen LogP contribution in [0.15, 0.2) is 0 Å². The van der Waals surface area contributed by atoms with Gasteiger partial charge in [-0.05, 0) is 38.0 Å². The van der Waals surface area contributed by atoms with Gasteiger partial charge in [0.25, 0.3) is 0 Å². The first-order chi connectivity index (χ1) is 7.34. The van der Waals surface area contributed by atoms with Crippen LogP contribution in [0.2, 0.25) is 0 Å². The summed E-state index contributed by atoms with van der Waals surface area (Å²) < 4.78 is 0. The molecular weight excluding hydrogens is 184 g/mol. The zero-order valence-electron chi connectivity index (χ0n) is 10.3. The molecule has 0 aromatic carbocycles. The molecule has 0 aromatic rings. The van der Waals surface area contributed by atoms with Crippen molar-refractivity contribution in [3.63, 3.8) is 0 Å². The fourth-order valence-electron chi connectivity index (χ4n) is 3.09. The highest BCUT2D eigenvalue weighted by Gasteiger charge is 2.22. The van der Waals surface area contributed by atoms with Crippen LogP contribution in [0.1, 0.15) is 45.4 Å². The van der Waals surface area contributed by atoms with Crippen LogP contribution in [0, 0.1) is 5.92 Å². The Labute approximate surface area is 94.4 Å². The topological polar surface area (TPSA) is 21.1 Å². The Morgan fingerprint density at radius 1 is 1.13 bits per heavy atom. The molecule has 0 amide bonds. The highest BCUT2D eigenvalue weighted by atomic mass is 15.1. The van der Waals surface area contributed by atoms with Crippen LogP contribution in [-0.4, -0.2) is 32.2 Å². The minimum absolute atomic E-state index is 0.964. The molecule has 15 heavy (non-hydrogen) atoms. The molecule has 0 unspecified atom stereocenters. The summed E-state index contributed by atoms with van der Waals surface area (Å²) >= 11 is 0. The van der Waals surface area contributed by atoms with E-state index in [1.807, 2.05) is 4.90 Å². The van der Waals surface area contributed by atoms with Gasteiger partial charge in [-0.1, -0.05) is 6.92 Å². The van der Waals surface area contributed by atoms with Gasteiger partial charge < -0.3 is 10.2 Å². The van der Waals surface area contributed by atoms with Crippen LogP contribution in [0.25, 0.3) is 0 Å². The lowest BCUT2D eigenvalue weighted by Gasteiger charge is -2.28. The number of piperidine rings is 2. The largest absolute Gasteiger partial charge is 0.344 e. The first-order valence-electron chi connectivity index (χ1n) is 7.01.